The third kappa shape index (κ3) is 6.47. The zero-order valence-electron chi connectivity index (χ0n) is 20.1. The Bertz CT molecular complexity index is 1430. The summed E-state index contributed by atoms with van der Waals surface area (Å²) in [6.45, 7) is 0.395. The zero-order chi connectivity index (χ0) is 26.4. The number of ether oxygens (including phenoxy) is 2. The van der Waals surface area contributed by atoms with Gasteiger partial charge in [0.1, 0.15) is 33.7 Å². The van der Waals surface area contributed by atoms with Gasteiger partial charge in [-0.1, -0.05) is 12.1 Å². The van der Waals surface area contributed by atoms with Gasteiger partial charge in [0, 0.05) is 18.2 Å². The number of halogens is 1. The summed E-state index contributed by atoms with van der Waals surface area (Å²) in [5, 5.41) is 0. The van der Waals surface area contributed by atoms with Gasteiger partial charge in [0.25, 0.3) is 5.91 Å². The number of hydrogen-bond acceptors (Lipinski definition) is 7. The van der Waals surface area contributed by atoms with Crippen molar-refractivity contribution < 1.29 is 35.7 Å². The van der Waals surface area contributed by atoms with E-state index < -0.39 is 15.9 Å². The summed E-state index contributed by atoms with van der Waals surface area (Å²) in [6.07, 6.45) is 1.53. The van der Waals surface area contributed by atoms with Gasteiger partial charge < -0.3 is 23.0 Å². The number of carbonyl (C=O) groups is 1. The molecule has 192 valence electrons. The Hall–Kier alpha value is -4.31. The highest BCUT2D eigenvalue weighted by Crippen LogP contribution is 2.25. The van der Waals surface area contributed by atoms with Gasteiger partial charge in [0.15, 0.2) is 0 Å². The van der Waals surface area contributed by atoms with Crippen LogP contribution < -0.4 is 13.7 Å². The van der Waals surface area contributed by atoms with Gasteiger partial charge in [0.2, 0.25) is 0 Å². The van der Waals surface area contributed by atoms with Gasteiger partial charge in [-0.15, -0.1) is 0 Å². The van der Waals surface area contributed by atoms with Crippen LogP contribution in [-0.2, 0) is 23.2 Å². The molecule has 0 unspecified atom stereocenters. The quantitative estimate of drug-likeness (QED) is 0.268. The molecule has 3 aromatic carbocycles. The highest BCUT2D eigenvalue weighted by atomic mass is 32.2. The Labute approximate surface area is 213 Å². The molecule has 0 aliphatic heterocycles. The molecule has 0 spiro atoms. The third-order valence-electron chi connectivity index (χ3n) is 5.42. The largest absolute Gasteiger partial charge is 0.497 e. The Kier molecular flexibility index (Phi) is 7.78. The van der Waals surface area contributed by atoms with Crippen molar-refractivity contribution in [1.29, 1.82) is 0 Å². The lowest BCUT2D eigenvalue weighted by Gasteiger charge is -2.23. The molecule has 1 aromatic heterocycles. The summed E-state index contributed by atoms with van der Waals surface area (Å²) < 4.78 is 59.3. The van der Waals surface area contributed by atoms with Crippen molar-refractivity contribution in [3.8, 4) is 17.2 Å². The number of nitrogens with zero attached hydrogens (tertiary/aromatic N) is 1. The van der Waals surface area contributed by atoms with Crippen LogP contribution in [0.1, 0.15) is 21.7 Å². The highest BCUT2D eigenvalue weighted by Gasteiger charge is 2.21. The molecular weight excluding hydrogens is 501 g/mol. The number of hydrogen-bond donors (Lipinski definition) is 0. The van der Waals surface area contributed by atoms with Crippen LogP contribution in [0.5, 0.6) is 17.2 Å². The summed E-state index contributed by atoms with van der Waals surface area (Å²) in [7, 11) is -1.12. The standard InChI is InChI=1S/C27H24FNO7S/c1-33-24-14-20(15-25(16-24)34-2)27(30)29(18-23-4-3-13-35-23)17-19-5-9-22(10-6-19)36-37(31,32)26-11-7-21(28)8-12-26/h3-16H,17-18H2,1-2H3. The minimum Gasteiger partial charge on any atom is -0.497 e. The van der Waals surface area contributed by atoms with Gasteiger partial charge in [0.05, 0.1) is 27.0 Å². The number of rotatable bonds is 10. The molecule has 0 atom stereocenters. The number of furan rings is 1. The maximum atomic E-state index is 13.5. The number of methoxy groups -OCH3 is 2. The third-order valence-corrected chi connectivity index (χ3v) is 6.68. The van der Waals surface area contributed by atoms with Crippen LogP contribution in [0.25, 0.3) is 0 Å². The molecule has 10 heteroatoms. The van der Waals surface area contributed by atoms with Crippen LogP contribution in [-0.4, -0.2) is 33.4 Å². The van der Waals surface area contributed by atoms with Crippen molar-refractivity contribution in [3.63, 3.8) is 0 Å². The second-order valence-corrected chi connectivity index (χ2v) is 9.52. The van der Waals surface area contributed by atoms with Crippen molar-refractivity contribution in [2.45, 2.75) is 18.0 Å². The molecule has 0 radical (unpaired) electrons. The summed E-state index contributed by atoms with van der Waals surface area (Å²) in [4.78, 5) is 14.9. The SMILES string of the molecule is COc1cc(OC)cc(C(=O)N(Cc2ccc(OS(=O)(=O)c3ccc(F)cc3)cc2)Cc2ccco2)c1. The van der Waals surface area contributed by atoms with E-state index in [0.29, 0.717) is 22.8 Å². The maximum Gasteiger partial charge on any atom is 0.339 e. The van der Waals surface area contributed by atoms with Gasteiger partial charge in [-0.2, -0.15) is 8.42 Å². The highest BCUT2D eigenvalue weighted by molar-refractivity contribution is 7.87. The molecule has 0 saturated carbocycles. The first kappa shape index (κ1) is 25.8. The van der Waals surface area contributed by atoms with Gasteiger partial charge in [-0.3, -0.25) is 4.79 Å². The monoisotopic (exact) mass is 525 g/mol. The fourth-order valence-corrected chi connectivity index (χ4v) is 4.48. The topological polar surface area (TPSA) is 95.3 Å². The lowest BCUT2D eigenvalue weighted by atomic mass is 10.1. The lowest BCUT2D eigenvalue weighted by molar-refractivity contribution is 0.0717. The van der Waals surface area contributed by atoms with E-state index in [0.717, 1.165) is 29.8 Å². The van der Waals surface area contributed by atoms with E-state index in [9.17, 15) is 17.6 Å². The summed E-state index contributed by atoms with van der Waals surface area (Å²) >= 11 is 0. The molecule has 0 bridgehead atoms. The molecule has 0 N–H and O–H groups in total. The molecule has 8 nitrogen and oxygen atoms in total. The van der Waals surface area contributed by atoms with Crippen molar-refractivity contribution in [1.82, 2.24) is 4.90 Å². The second kappa shape index (κ2) is 11.2. The van der Waals surface area contributed by atoms with Crippen LogP contribution in [0.15, 0.2) is 94.4 Å². The van der Waals surface area contributed by atoms with E-state index in [-0.39, 0.29) is 29.6 Å². The van der Waals surface area contributed by atoms with E-state index >= 15 is 0 Å². The Morgan fingerprint density at radius 3 is 2.08 bits per heavy atom. The molecule has 0 aliphatic rings. The fraction of sp³-hybridized carbons (Fsp3) is 0.148. The molecule has 4 rings (SSSR count). The van der Waals surface area contributed by atoms with Gasteiger partial charge >= 0.3 is 10.1 Å². The molecule has 0 saturated heterocycles. The van der Waals surface area contributed by atoms with Crippen molar-refractivity contribution in [2.75, 3.05) is 14.2 Å². The summed E-state index contributed by atoms with van der Waals surface area (Å²) in [6, 6.07) is 19.1. The molecular formula is C27H24FNO7S. The second-order valence-electron chi connectivity index (χ2n) is 7.98. The number of carbonyl (C=O) groups excluding carboxylic acids is 1. The molecule has 0 fully saturated rings. The molecule has 4 aromatic rings. The molecule has 0 aliphatic carbocycles. The van der Waals surface area contributed by atoms with Crippen LogP contribution in [0.4, 0.5) is 4.39 Å². The minimum atomic E-state index is -4.13. The van der Waals surface area contributed by atoms with E-state index in [1.165, 1.54) is 32.6 Å². The lowest BCUT2D eigenvalue weighted by Crippen LogP contribution is -2.30. The zero-order valence-corrected chi connectivity index (χ0v) is 20.9. The Balaban J connectivity index is 1.54. The maximum absolute atomic E-state index is 13.5. The molecule has 37 heavy (non-hydrogen) atoms. The fourth-order valence-electron chi connectivity index (χ4n) is 3.55. The van der Waals surface area contributed by atoms with Gasteiger partial charge in [-0.25, -0.2) is 4.39 Å². The molecule has 1 amide bonds. The van der Waals surface area contributed by atoms with Gasteiger partial charge in [-0.05, 0) is 66.2 Å². The normalized spacial score (nSPS) is 11.1. The molecule has 1 heterocycles. The van der Waals surface area contributed by atoms with E-state index in [1.54, 1.807) is 47.4 Å². The predicted molar refractivity (Wildman–Crippen MR) is 132 cm³/mol. The first-order chi connectivity index (χ1) is 17.8. The van der Waals surface area contributed by atoms with Crippen molar-refractivity contribution in [3.05, 3.63) is 108 Å². The smallest absolute Gasteiger partial charge is 0.339 e. The van der Waals surface area contributed by atoms with E-state index in [1.807, 2.05) is 0 Å². The number of benzene rings is 3. The minimum absolute atomic E-state index is 0.0783. The van der Waals surface area contributed by atoms with Crippen LogP contribution in [0.3, 0.4) is 0 Å². The predicted octanol–water partition coefficient (Wildman–Crippen LogP) is 5.05. The number of amides is 1. The van der Waals surface area contributed by atoms with E-state index in [2.05, 4.69) is 0 Å². The van der Waals surface area contributed by atoms with E-state index in [4.69, 9.17) is 18.1 Å². The first-order valence-electron chi connectivity index (χ1n) is 11.1. The van der Waals surface area contributed by atoms with Crippen molar-refractivity contribution in [2.24, 2.45) is 0 Å². The van der Waals surface area contributed by atoms with Crippen LogP contribution in [0, 0.1) is 5.82 Å². The average molecular weight is 526 g/mol. The summed E-state index contributed by atoms with van der Waals surface area (Å²) in [5.74, 6) is 0.786. The van der Waals surface area contributed by atoms with Crippen LogP contribution >= 0.6 is 0 Å². The van der Waals surface area contributed by atoms with Crippen LogP contribution in [0.2, 0.25) is 0 Å². The Morgan fingerprint density at radius 2 is 1.51 bits per heavy atom. The average Bonchev–Trinajstić information content (AvgIpc) is 3.42. The summed E-state index contributed by atoms with van der Waals surface area (Å²) in [5.41, 5.74) is 1.09. The first-order valence-corrected chi connectivity index (χ1v) is 12.5. The Morgan fingerprint density at radius 1 is 0.865 bits per heavy atom. The van der Waals surface area contributed by atoms with Crippen molar-refractivity contribution >= 4 is 16.0 Å².